The minimum Gasteiger partial charge on any atom is -0.390 e. The third-order valence-electron chi connectivity index (χ3n) is 6.95. The number of aliphatic hydroxyl groups excluding tert-OH is 1. The number of methoxy groups -OCH3 is 1. The van der Waals surface area contributed by atoms with Crippen molar-refractivity contribution in [3.63, 3.8) is 0 Å². The van der Waals surface area contributed by atoms with Gasteiger partial charge in [0.2, 0.25) is 5.91 Å². The third kappa shape index (κ3) is 14.0. The molecule has 0 spiro atoms. The summed E-state index contributed by atoms with van der Waals surface area (Å²) in [6.45, 7) is 2.53. The molecule has 202 valence electrons. The molecule has 0 aromatic rings. The summed E-state index contributed by atoms with van der Waals surface area (Å²) in [5, 5.41) is 11.7. The van der Waals surface area contributed by atoms with E-state index in [1.54, 1.807) is 14.2 Å². The highest BCUT2D eigenvalue weighted by molar-refractivity contribution is 5.74. The van der Waals surface area contributed by atoms with E-state index >= 15 is 0 Å². The lowest BCUT2D eigenvalue weighted by Gasteiger charge is -2.25. The molecule has 0 aliphatic carbocycles. The Morgan fingerprint density at radius 2 is 1.47 bits per heavy atom. The molecule has 1 aliphatic heterocycles. The molecular weight excluding hydrogens is 434 g/mol. The summed E-state index contributed by atoms with van der Waals surface area (Å²) in [7, 11) is 4.66. The van der Waals surface area contributed by atoms with Crippen molar-refractivity contribution >= 4 is 5.91 Å². The topological polar surface area (TPSA) is 77.5 Å². The van der Waals surface area contributed by atoms with Gasteiger partial charge in [-0.3, -0.25) is 9.63 Å². The number of rotatable bonds is 22. The first kappa shape index (κ1) is 31.3. The van der Waals surface area contributed by atoms with Crippen LogP contribution in [0.25, 0.3) is 0 Å². The van der Waals surface area contributed by atoms with Crippen molar-refractivity contribution in [2.75, 3.05) is 28.1 Å². The number of aliphatic hydroxyl groups is 1. The number of carbonyl (C=O) groups excluding carboxylic acids is 1. The summed E-state index contributed by atoms with van der Waals surface area (Å²) in [4.78, 5) is 16.8. The van der Waals surface area contributed by atoms with Crippen molar-refractivity contribution in [3.05, 3.63) is 0 Å². The van der Waals surface area contributed by atoms with E-state index in [0.29, 0.717) is 6.42 Å². The van der Waals surface area contributed by atoms with Crippen molar-refractivity contribution in [1.82, 2.24) is 5.06 Å². The average molecular weight is 488 g/mol. The van der Waals surface area contributed by atoms with E-state index in [9.17, 15) is 9.90 Å². The number of hydrogen-bond acceptors (Lipinski definition) is 6. The number of nitrogens with zero attached hydrogens (tertiary/aromatic N) is 1. The normalized spacial score (nSPS) is 19.9. The Morgan fingerprint density at radius 3 is 2.03 bits per heavy atom. The number of hydroxylamine groups is 2. The fourth-order valence-electron chi connectivity index (χ4n) is 4.68. The number of ether oxygens (including phenoxy) is 3. The van der Waals surface area contributed by atoms with E-state index in [1.165, 1.54) is 82.8 Å². The smallest absolute Gasteiger partial charge is 0.245 e. The Kier molecular flexibility index (Phi) is 18.8. The Morgan fingerprint density at radius 1 is 0.912 bits per heavy atom. The van der Waals surface area contributed by atoms with Crippen molar-refractivity contribution in [1.29, 1.82) is 0 Å². The van der Waals surface area contributed by atoms with E-state index in [2.05, 4.69) is 6.92 Å². The molecule has 1 heterocycles. The molecule has 0 unspecified atom stereocenters. The molecule has 1 aliphatic rings. The number of carbonyl (C=O) groups is 1. The third-order valence-corrected chi connectivity index (χ3v) is 6.95. The Bertz CT molecular complexity index is 492. The van der Waals surface area contributed by atoms with Gasteiger partial charge in [0.1, 0.15) is 6.79 Å². The number of hydrogen-bond donors (Lipinski definition) is 1. The zero-order valence-corrected chi connectivity index (χ0v) is 22.5. The molecule has 7 nitrogen and oxygen atoms in total. The predicted octanol–water partition coefficient (Wildman–Crippen LogP) is 5.78. The van der Waals surface area contributed by atoms with Crippen LogP contribution in [-0.2, 0) is 23.8 Å². The lowest BCUT2D eigenvalue weighted by atomic mass is 10.0. The number of unbranched alkanes of at least 4 members (excludes halogenated alkanes) is 11. The van der Waals surface area contributed by atoms with Gasteiger partial charge in [-0.1, -0.05) is 84.0 Å². The molecule has 0 aromatic heterocycles. The average Bonchev–Trinajstić information content (AvgIpc) is 3.34. The zero-order valence-electron chi connectivity index (χ0n) is 22.5. The second kappa shape index (κ2) is 20.5. The Labute approximate surface area is 208 Å². The van der Waals surface area contributed by atoms with Crippen LogP contribution in [0.1, 0.15) is 116 Å². The van der Waals surface area contributed by atoms with E-state index < -0.39 is 6.10 Å². The maximum Gasteiger partial charge on any atom is 0.245 e. The largest absolute Gasteiger partial charge is 0.390 e. The summed E-state index contributed by atoms with van der Waals surface area (Å²) in [6.07, 6.45) is 18.2. The van der Waals surface area contributed by atoms with Crippen LogP contribution >= 0.6 is 0 Å². The van der Waals surface area contributed by atoms with Crippen molar-refractivity contribution in [2.45, 2.75) is 140 Å². The van der Waals surface area contributed by atoms with E-state index in [4.69, 9.17) is 19.0 Å². The molecule has 0 radical (unpaired) electrons. The standard InChI is InChI=1S/C27H53NO6/c1-5-6-7-8-9-10-11-12-13-14-15-16-17-25(33-22-31-3)26-20-19-24(34-26)23(29)18-21-27(30)28(2)32-4/h23-26,29H,5-22H2,1-4H3/t23-,24-,25+,26-/m1/s1. The summed E-state index contributed by atoms with van der Waals surface area (Å²) < 4.78 is 17.2. The molecule has 1 saturated heterocycles. The van der Waals surface area contributed by atoms with Gasteiger partial charge in [0.25, 0.3) is 0 Å². The molecule has 1 N–H and O–H groups in total. The van der Waals surface area contributed by atoms with Gasteiger partial charge in [-0.25, -0.2) is 5.06 Å². The molecule has 1 amide bonds. The minimum absolute atomic E-state index is 0.0125. The zero-order chi connectivity index (χ0) is 25.0. The molecule has 1 rings (SSSR count). The van der Waals surface area contributed by atoms with E-state index in [-0.39, 0.29) is 37.4 Å². The van der Waals surface area contributed by atoms with E-state index in [0.717, 1.165) is 25.7 Å². The fraction of sp³-hybridized carbons (Fsp3) is 0.963. The van der Waals surface area contributed by atoms with Gasteiger partial charge >= 0.3 is 0 Å². The van der Waals surface area contributed by atoms with Crippen LogP contribution in [-0.4, -0.2) is 68.6 Å². The molecule has 4 atom stereocenters. The van der Waals surface area contributed by atoms with Gasteiger partial charge in [0.15, 0.2) is 0 Å². The van der Waals surface area contributed by atoms with Gasteiger partial charge in [0, 0.05) is 20.6 Å². The van der Waals surface area contributed by atoms with Gasteiger partial charge in [-0.05, 0) is 25.7 Å². The van der Waals surface area contributed by atoms with Gasteiger partial charge in [-0.15, -0.1) is 0 Å². The quantitative estimate of drug-likeness (QED) is 0.119. The first-order chi connectivity index (χ1) is 16.5. The van der Waals surface area contributed by atoms with Crippen molar-refractivity contribution < 1.29 is 28.9 Å². The second-order valence-electron chi connectivity index (χ2n) is 9.76. The molecule has 34 heavy (non-hydrogen) atoms. The van der Waals surface area contributed by atoms with Crippen LogP contribution in [0, 0.1) is 0 Å². The van der Waals surface area contributed by atoms with E-state index in [1.807, 2.05) is 0 Å². The summed E-state index contributed by atoms with van der Waals surface area (Å²) in [5.74, 6) is -0.149. The van der Waals surface area contributed by atoms with Crippen LogP contribution in [0.15, 0.2) is 0 Å². The van der Waals surface area contributed by atoms with Crippen LogP contribution in [0.2, 0.25) is 0 Å². The first-order valence-corrected chi connectivity index (χ1v) is 13.8. The predicted molar refractivity (Wildman–Crippen MR) is 135 cm³/mol. The molecular formula is C27H53NO6. The van der Waals surface area contributed by atoms with Crippen LogP contribution < -0.4 is 0 Å². The van der Waals surface area contributed by atoms with Crippen LogP contribution in [0.4, 0.5) is 0 Å². The Hall–Kier alpha value is -0.730. The number of amides is 1. The van der Waals surface area contributed by atoms with Gasteiger partial charge in [-0.2, -0.15) is 0 Å². The lowest BCUT2D eigenvalue weighted by Crippen LogP contribution is -2.34. The Balaban J connectivity index is 2.21. The highest BCUT2D eigenvalue weighted by atomic mass is 16.7. The highest BCUT2D eigenvalue weighted by Gasteiger charge is 2.35. The maximum absolute atomic E-state index is 11.9. The highest BCUT2D eigenvalue weighted by Crippen LogP contribution is 2.29. The van der Waals surface area contributed by atoms with Gasteiger partial charge in [0.05, 0.1) is 31.5 Å². The molecule has 0 saturated carbocycles. The maximum atomic E-state index is 11.9. The van der Waals surface area contributed by atoms with Crippen LogP contribution in [0.3, 0.4) is 0 Å². The van der Waals surface area contributed by atoms with Gasteiger partial charge < -0.3 is 19.3 Å². The minimum atomic E-state index is -0.658. The lowest BCUT2D eigenvalue weighted by molar-refractivity contribution is -0.170. The fourth-order valence-corrected chi connectivity index (χ4v) is 4.68. The summed E-state index contributed by atoms with van der Waals surface area (Å²) in [6, 6.07) is 0. The van der Waals surface area contributed by atoms with Crippen LogP contribution in [0.5, 0.6) is 0 Å². The SMILES string of the molecule is CCCCCCCCCCCCCC[C@H](OCOC)[C@H]1CC[C@H]([C@H](O)CCC(=O)N(C)OC)O1. The molecule has 0 aromatic carbocycles. The second-order valence-corrected chi connectivity index (χ2v) is 9.76. The molecule has 1 fully saturated rings. The molecule has 7 heteroatoms. The summed E-state index contributed by atoms with van der Waals surface area (Å²) in [5.41, 5.74) is 0. The summed E-state index contributed by atoms with van der Waals surface area (Å²) >= 11 is 0. The molecule has 0 bridgehead atoms. The monoisotopic (exact) mass is 487 g/mol. The van der Waals surface area contributed by atoms with Crippen molar-refractivity contribution in [2.24, 2.45) is 0 Å². The first-order valence-electron chi connectivity index (χ1n) is 13.8. The van der Waals surface area contributed by atoms with Crippen molar-refractivity contribution in [3.8, 4) is 0 Å².